The van der Waals surface area contributed by atoms with E-state index in [1.807, 2.05) is 128 Å². The van der Waals surface area contributed by atoms with Gasteiger partial charge in [-0.2, -0.15) is 10.2 Å². The maximum atomic E-state index is 4.44. The Bertz CT molecular complexity index is 1410. The Morgan fingerprint density at radius 2 is 1.45 bits per heavy atom. The van der Waals surface area contributed by atoms with Gasteiger partial charge in [0, 0.05) is 43.4 Å². The first kappa shape index (κ1) is 29.5. The van der Waals surface area contributed by atoms with Crippen molar-refractivity contribution in [3.63, 3.8) is 0 Å². The molecule has 0 aliphatic rings. The van der Waals surface area contributed by atoms with Crippen molar-refractivity contribution in [3.05, 3.63) is 150 Å². The van der Waals surface area contributed by atoms with Crippen molar-refractivity contribution in [3.8, 4) is 0 Å². The van der Waals surface area contributed by atoms with Crippen molar-refractivity contribution in [1.29, 1.82) is 0 Å². The van der Waals surface area contributed by atoms with Crippen LogP contribution >= 0.6 is 0 Å². The molecule has 0 amide bonds. The second kappa shape index (κ2) is 16.7. The number of nitrogens with one attached hydrogen (secondary N) is 2. The summed E-state index contributed by atoms with van der Waals surface area (Å²) in [4.78, 5) is 6.27. The predicted octanol–water partition coefficient (Wildman–Crippen LogP) is 4.85. The number of H-pyrrole nitrogens is 1. The van der Waals surface area contributed by atoms with Crippen LogP contribution in [0.15, 0.2) is 144 Å². The number of para-hydroxylation sites is 2. The molecule has 3 aromatic carbocycles. The van der Waals surface area contributed by atoms with Crippen molar-refractivity contribution in [2.45, 2.75) is 13.5 Å². The van der Waals surface area contributed by atoms with Gasteiger partial charge in [0.1, 0.15) is 0 Å². The van der Waals surface area contributed by atoms with Crippen molar-refractivity contribution < 1.29 is 9.98 Å². The lowest BCUT2D eigenvalue weighted by atomic mass is 10.1. The lowest BCUT2D eigenvalue weighted by molar-refractivity contribution is -0.469. The molecule has 0 unspecified atom stereocenters. The van der Waals surface area contributed by atoms with E-state index in [0.717, 1.165) is 29.1 Å². The third-order valence-electron chi connectivity index (χ3n) is 5.78. The molecule has 0 spiro atoms. The summed E-state index contributed by atoms with van der Waals surface area (Å²) in [6.07, 6.45) is 13.1. The number of pyridine rings is 1. The fourth-order valence-corrected chi connectivity index (χ4v) is 3.53. The van der Waals surface area contributed by atoms with E-state index in [9.17, 15) is 0 Å². The van der Waals surface area contributed by atoms with Crippen molar-refractivity contribution in [2.24, 2.45) is 10.2 Å². The van der Waals surface area contributed by atoms with Crippen LogP contribution in [0.4, 0.5) is 11.4 Å². The molecule has 202 valence electrons. The SMILES string of the molecule is C=CC(/C=N/N(C)c1ccccc1)=C\C=[NH+]Cc1cccc(C)c1.CN(/N=C/c1cc[nH+]cc1)c1ccccc1. The van der Waals surface area contributed by atoms with Gasteiger partial charge in [0.05, 0.1) is 23.8 Å². The van der Waals surface area contributed by atoms with Gasteiger partial charge in [0.2, 0.25) is 0 Å². The first-order valence-corrected chi connectivity index (χ1v) is 13.1. The van der Waals surface area contributed by atoms with Gasteiger partial charge < -0.3 is 0 Å². The highest BCUT2D eigenvalue weighted by atomic mass is 15.4. The van der Waals surface area contributed by atoms with Crippen LogP contribution in [-0.4, -0.2) is 32.7 Å². The summed E-state index contributed by atoms with van der Waals surface area (Å²) in [6, 6.07) is 32.5. The van der Waals surface area contributed by atoms with Gasteiger partial charge in [0.25, 0.3) is 0 Å². The van der Waals surface area contributed by atoms with Crippen LogP contribution in [0.5, 0.6) is 0 Å². The number of aromatic nitrogens is 1. The summed E-state index contributed by atoms with van der Waals surface area (Å²) in [5, 5.41) is 12.5. The largest absolute Gasteiger partial charge is 0.269 e. The number of anilines is 2. The van der Waals surface area contributed by atoms with Crippen molar-refractivity contribution in [2.75, 3.05) is 24.1 Å². The summed E-state index contributed by atoms with van der Waals surface area (Å²) in [6.45, 7) is 6.73. The van der Waals surface area contributed by atoms with Gasteiger partial charge in [-0.1, -0.05) is 72.8 Å². The topological polar surface area (TPSA) is 59.3 Å². The molecule has 1 heterocycles. The second-order valence-electron chi connectivity index (χ2n) is 8.95. The van der Waals surface area contributed by atoms with Crippen LogP contribution in [0.25, 0.3) is 0 Å². The number of benzene rings is 3. The quantitative estimate of drug-likeness (QED) is 0.181. The number of hydrogen-bond donors (Lipinski definition) is 1. The number of aromatic amines is 1. The van der Waals surface area contributed by atoms with Crippen LogP contribution in [0.2, 0.25) is 0 Å². The summed E-state index contributed by atoms with van der Waals surface area (Å²) < 4.78 is 0. The minimum absolute atomic E-state index is 0.795. The van der Waals surface area contributed by atoms with E-state index in [1.54, 1.807) is 12.3 Å². The van der Waals surface area contributed by atoms with Gasteiger partial charge in [0.15, 0.2) is 25.2 Å². The first-order chi connectivity index (χ1) is 19.5. The molecule has 0 fully saturated rings. The molecule has 0 aliphatic heterocycles. The highest BCUT2D eigenvalue weighted by Gasteiger charge is 1.97. The zero-order valence-corrected chi connectivity index (χ0v) is 23.5. The highest BCUT2D eigenvalue weighted by Crippen LogP contribution is 2.11. The molecule has 2 N–H and O–H groups in total. The van der Waals surface area contributed by atoms with Crippen LogP contribution < -0.4 is 20.0 Å². The monoisotopic (exact) mass is 530 g/mol. The van der Waals surface area contributed by atoms with Crippen LogP contribution in [0, 0.1) is 6.92 Å². The van der Waals surface area contributed by atoms with E-state index in [4.69, 9.17) is 0 Å². The van der Waals surface area contributed by atoms with Gasteiger partial charge in [-0.05, 0) is 42.8 Å². The summed E-state index contributed by atoms with van der Waals surface area (Å²) in [5.41, 5.74) is 6.65. The smallest absolute Gasteiger partial charge is 0.167 e. The zero-order chi connectivity index (χ0) is 28.4. The Hall–Kier alpha value is -5.10. The molecule has 0 saturated carbocycles. The molecule has 0 bridgehead atoms. The molecule has 6 nitrogen and oxygen atoms in total. The number of nitrogens with zero attached hydrogens (tertiary/aromatic N) is 4. The van der Waals surface area contributed by atoms with Crippen molar-refractivity contribution in [1.82, 2.24) is 0 Å². The van der Waals surface area contributed by atoms with Gasteiger partial charge >= 0.3 is 0 Å². The molecular weight excluding hydrogens is 492 g/mol. The minimum atomic E-state index is 0.795. The zero-order valence-electron chi connectivity index (χ0n) is 23.5. The summed E-state index contributed by atoms with van der Waals surface area (Å²) in [5.74, 6) is 0. The molecule has 0 aliphatic carbocycles. The molecule has 0 saturated heterocycles. The van der Waals surface area contributed by atoms with Crippen LogP contribution in [0.1, 0.15) is 16.7 Å². The first-order valence-electron chi connectivity index (χ1n) is 13.1. The summed E-state index contributed by atoms with van der Waals surface area (Å²) >= 11 is 0. The number of allylic oxidation sites excluding steroid dienone is 3. The Balaban J connectivity index is 0.000000238. The van der Waals surface area contributed by atoms with Gasteiger partial charge in [-0.15, -0.1) is 0 Å². The molecule has 4 aromatic rings. The Kier molecular flexibility index (Phi) is 12.3. The maximum absolute atomic E-state index is 4.44. The van der Waals surface area contributed by atoms with Crippen LogP contribution in [0.3, 0.4) is 0 Å². The third-order valence-corrected chi connectivity index (χ3v) is 5.78. The Morgan fingerprint density at radius 1 is 0.825 bits per heavy atom. The predicted molar refractivity (Wildman–Crippen MR) is 169 cm³/mol. The van der Waals surface area contributed by atoms with E-state index < -0.39 is 0 Å². The average molecular weight is 531 g/mol. The highest BCUT2D eigenvalue weighted by molar-refractivity contribution is 5.88. The fourth-order valence-electron chi connectivity index (χ4n) is 3.53. The van der Waals surface area contributed by atoms with Gasteiger partial charge in [-0.25, -0.2) is 9.98 Å². The number of hydrogen-bond acceptors (Lipinski definition) is 4. The van der Waals surface area contributed by atoms with E-state index in [-0.39, 0.29) is 0 Å². The van der Waals surface area contributed by atoms with E-state index in [2.05, 4.69) is 57.9 Å². The Labute approximate surface area is 238 Å². The lowest BCUT2D eigenvalue weighted by Crippen LogP contribution is -2.66. The molecule has 0 atom stereocenters. The lowest BCUT2D eigenvalue weighted by Gasteiger charge is -2.11. The minimum Gasteiger partial charge on any atom is -0.269 e. The standard InChI is InChI=1S/C21H23N3.C13H13N3/c1-4-19(17-23-24(3)21-11-6-5-7-12-21)13-14-22-16-20-10-8-9-18(2)15-20;1-16(13-5-3-2-4-6-13)15-11-12-7-9-14-10-8-12/h4-15,17H,1,16H2,2-3H3;2-11H,1H3/p+2/b19-13+,22-14?,23-17+;15-11+. The number of hydrazone groups is 2. The maximum Gasteiger partial charge on any atom is 0.167 e. The van der Waals surface area contributed by atoms with Crippen molar-refractivity contribution >= 4 is 30.0 Å². The van der Waals surface area contributed by atoms with E-state index in [0.29, 0.717) is 0 Å². The Morgan fingerprint density at radius 3 is 2.05 bits per heavy atom. The molecule has 6 heteroatoms. The van der Waals surface area contributed by atoms with Crippen LogP contribution in [-0.2, 0) is 6.54 Å². The summed E-state index contributed by atoms with van der Waals surface area (Å²) in [7, 11) is 3.85. The molecular formula is C34H38N6+2. The molecule has 0 radical (unpaired) electrons. The fraction of sp³-hybridized carbons (Fsp3) is 0.118. The third kappa shape index (κ3) is 10.7. The molecule has 40 heavy (non-hydrogen) atoms. The normalized spacial score (nSPS) is 11.4. The number of aryl methyl sites for hydroxylation is 1. The van der Waals surface area contributed by atoms with Gasteiger partial charge in [-0.3, -0.25) is 10.0 Å². The second-order valence-corrected chi connectivity index (χ2v) is 8.95. The number of rotatable bonds is 10. The average Bonchev–Trinajstić information content (AvgIpc) is 3.01. The molecule has 1 aromatic heterocycles. The van der Waals surface area contributed by atoms with E-state index in [1.165, 1.54) is 11.1 Å². The van der Waals surface area contributed by atoms with E-state index >= 15 is 0 Å². The molecule has 4 rings (SSSR count).